The van der Waals surface area contributed by atoms with E-state index in [9.17, 15) is 0 Å². The van der Waals surface area contributed by atoms with Gasteiger partial charge in [0, 0.05) is 30.2 Å². The molecule has 2 fully saturated rings. The standard InChI is InChI=1S/C18H21N3/c1-3-9-19-15(5-1)11-14-12-16-7-8-17(13-14)21(16)18-6-2-4-10-20-18/h1-6,9-10,14,16-17H,7-8,11-13H2/t14-,16+,17?/m0/s1. The van der Waals surface area contributed by atoms with E-state index in [2.05, 4.69) is 39.1 Å². The van der Waals surface area contributed by atoms with Crippen molar-refractivity contribution in [2.75, 3.05) is 4.90 Å². The van der Waals surface area contributed by atoms with Crippen molar-refractivity contribution in [3.63, 3.8) is 0 Å². The number of piperidine rings is 1. The molecule has 3 atom stereocenters. The summed E-state index contributed by atoms with van der Waals surface area (Å²) in [6.45, 7) is 0. The van der Waals surface area contributed by atoms with Gasteiger partial charge in [-0.15, -0.1) is 0 Å². The van der Waals surface area contributed by atoms with Gasteiger partial charge in [-0.05, 0) is 62.3 Å². The van der Waals surface area contributed by atoms with E-state index in [-0.39, 0.29) is 0 Å². The predicted molar refractivity (Wildman–Crippen MR) is 84.2 cm³/mol. The highest BCUT2D eigenvalue weighted by Crippen LogP contribution is 2.41. The number of fused-ring (bicyclic) bond motifs is 2. The Labute approximate surface area is 126 Å². The summed E-state index contributed by atoms with van der Waals surface area (Å²) in [5, 5.41) is 0. The fourth-order valence-electron chi connectivity index (χ4n) is 4.15. The van der Waals surface area contributed by atoms with Gasteiger partial charge in [-0.2, -0.15) is 0 Å². The zero-order chi connectivity index (χ0) is 14.1. The second kappa shape index (κ2) is 5.47. The smallest absolute Gasteiger partial charge is 0.128 e. The number of rotatable bonds is 3. The van der Waals surface area contributed by atoms with Crippen LogP contribution in [0.5, 0.6) is 0 Å². The van der Waals surface area contributed by atoms with Gasteiger partial charge in [0.2, 0.25) is 0 Å². The van der Waals surface area contributed by atoms with E-state index in [0.29, 0.717) is 12.1 Å². The van der Waals surface area contributed by atoms with E-state index >= 15 is 0 Å². The minimum absolute atomic E-state index is 0.673. The first kappa shape index (κ1) is 12.8. The van der Waals surface area contributed by atoms with Crippen LogP contribution in [0, 0.1) is 5.92 Å². The van der Waals surface area contributed by atoms with Gasteiger partial charge in [-0.25, -0.2) is 4.98 Å². The minimum Gasteiger partial charge on any atom is -0.351 e. The van der Waals surface area contributed by atoms with Crippen molar-refractivity contribution >= 4 is 5.82 Å². The molecule has 2 saturated heterocycles. The molecule has 2 aromatic heterocycles. The van der Waals surface area contributed by atoms with Crippen molar-refractivity contribution < 1.29 is 0 Å². The number of hydrogen-bond acceptors (Lipinski definition) is 3. The number of nitrogens with zero attached hydrogens (tertiary/aromatic N) is 3. The van der Waals surface area contributed by atoms with Gasteiger partial charge >= 0.3 is 0 Å². The van der Waals surface area contributed by atoms with Crippen molar-refractivity contribution in [1.29, 1.82) is 0 Å². The Morgan fingerprint density at radius 3 is 2.24 bits per heavy atom. The molecular weight excluding hydrogens is 258 g/mol. The first-order valence-corrected chi connectivity index (χ1v) is 7.99. The molecule has 0 amide bonds. The molecule has 2 aliphatic rings. The van der Waals surface area contributed by atoms with Gasteiger partial charge in [0.1, 0.15) is 5.82 Å². The molecule has 1 unspecified atom stereocenters. The Morgan fingerprint density at radius 1 is 0.905 bits per heavy atom. The summed E-state index contributed by atoms with van der Waals surface area (Å²) in [4.78, 5) is 11.6. The van der Waals surface area contributed by atoms with Gasteiger partial charge in [-0.1, -0.05) is 12.1 Å². The molecule has 3 nitrogen and oxygen atoms in total. The molecule has 3 heteroatoms. The van der Waals surface area contributed by atoms with Crippen LogP contribution in [-0.2, 0) is 6.42 Å². The highest BCUT2D eigenvalue weighted by Gasteiger charge is 2.41. The molecule has 0 saturated carbocycles. The Balaban J connectivity index is 1.49. The summed E-state index contributed by atoms with van der Waals surface area (Å²) in [5.74, 6) is 1.94. The molecule has 21 heavy (non-hydrogen) atoms. The molecule has 0 radical (unpaired) electrons. The summed E-state index contributed by atoms with van der Waals surface area (Å²) in [7, 11) is 0. The van der Waals surface area contributed by atoms with Gasteiger partial charge in [0.05, 0.1) is 0 Å². The average molecular weight is 279 g/mol. The fraction of sp³-hybridized carbons (Fsp3) is 0.444. The lowest BCUT2D eigenvalue weighted by atomic mass is 9.87. The summed E-state index contributed by atoms with van der Waals surface area (Å²) in [5.41, 5.74) is 1.24. The molecule has 0 aromatic carbocycles. The van der Waals surface area contributed by atoms with Crippen LogP contribution in [0.1, 0.15) is 31.4 Å². The van der Waals surface area contributed by atoms with Crippen LogP contribution in [0.25, 0.3) is 0 Å². The van der Waals surface area contributed by atoms with Gasteiger partial charge < -0.3 is 4.90 Å². The molecule has 0 aliphatic carbocycles. The lowest BCUT2D eigenvalue weighted by molar-refractivity contribution is 0.334. The molecule has 2 aliphatic heterocycles. The Kier molecular flexibility index (Phi) is 3.34. The van der Waals surface area contributed by atoms with Crippen LogP contribution >= 0.6 is 0 Å². The second-order valence-corrected chi connectivity index (χ2v) is 6.34. The van der Waals surface area contributed by atoms with E-state index in [4.69, 9.17) is 0 Å². The normalized spacial score (nSPS) is 27.8. The Hall–Kier alpha value is -1.90. The van der Waals surface area contributed by atoms with Crippen molar-refractivity contribution in [3.8, 4) is 0 Å². The van der Waals surface area contributed by atoms with E-state index in [1.165, 1.54) is 37.2 Å². The lowest BCUT2D eigenvalue weighted by Gasteiger charge is -2.39. The van der Waals surface area contributed by atoms with E-state index in [1.807, 2.05) is 24.5 Å². The third kappa shape index (κ3) is 2.53. The number of hydrogen-bond donors (Lipinski definition) is 0. The van der Waals surface area contributed by atoms with Crippen LogP contribution in [0.4, 0.5) is 5.82 Å². The van der Waals surface area contributed by atoms with E-state index in [1.54, 1.807) is 0 Å². The highest BCUT2D eigenvalue weighted by atomic mass is 15.3. The topological polar surface area (TPSA) is 29.0 Å². The van der Waals surface area contributed by atoms with Gasteiger partial charge in [0.25, 0.3) is 0 Å². The van der Waals surface area contributed by atoms with Crippen LogP contribution in [0.2, 0.25) is 0 Å². The molecule has 2 bridgehead atoms. The molecule has 4 heterocycles. The lowest BCUT2D eigenvalue weighted by Crippen LogP contribution is -2.43. The zero-order valence-corrected chi connectivity index (χ0v) is 12.2. The molecule has 4 rings (SSSR count). The maximum atomic E-state index is 4.57. The van der Waals surface area contributed by atoms with Crippen LogP contribution < -0.4 is 4.90 Å². The fourth-order valence-corrected chi connectivity index (χ4v) is 4.15. The number of anilines is 1. The summed E-state index contributed by atoms with van der Waals surface area (Å²) < 4.78 is 0. The van der Waals surface area contributed by atoms with Gasteiger partial charge in [-0.3, -0.25) is 4.98 Å². The summed E-state index contributed by atoms with van der Waals surface area (Å²) in [6, 6.07) is 13.9. The van der Waals surface area contributed by atoms with Crippen LogP contribution in [-0.4, -0.2) is 22.1 Å². The summed E-state index contributed by atoms with van der Waals surface area (Å²) >= 11 is 0. The maximum Gasteiger partial charge on any atom is 0.128 e. The quantitative estimate of drug-likeness (QED) is 0.861. The van der Waals surface area contributed by atoms with Crippen LogP contribution in [0.15, 0.2) is 48.8 Å². The van der Waals surface area contributed by atoms with Crippen molar-refractivity contribution in [2.24, 2.45) is 5.92 Å². The van der Waals surface area contributed by atoms with E-state index < -0.39 is 0 Å². The molecule has 2 aromatic rings. The molecular formula is C18H21N3. The number of aromatic nitrogens is 2. The third-order valence-corrected chi connectivity index (χ3v) is 4.97. The molecule has 0 spiro atoms. The maximum absolute atomic E-state index is 4.57. The van der Waals surface area contributed by atoms with Crippen LogP contribution in [0.3, 0.4) is 0 Å². The monoisotopic (exact) mass is 279 g/mol. The average Bonchev–Trinajstić information content (AvgIpc) is 2.80. The predicted octanol–water partition coefficient (Wildman–Crippen LogP) is 3.47. The first-order chi connectivity index (χ1) is 10.4. The minimum atomic E-state index is 0.673. The number of pyridine rings is 2. The Bertz CT molecular complexity index is 570. The van der Waals surface area contributed by atoms with E-state index in [0.717, 1.165) is 12.3 Å². The second-order valence-electron chi connectivity index (χ2n) is 6.34. The SMILES string of the molecule is c1ccc(C[C@@H]2CC3CC[C@H](C2)N3c2ccccn2)nc1. The third-order valence-electron chi connectivity index (χ3n) is 4.97. The molecule has 108 valence electrons. The van der Waals surface area contributed by atoms with Crippen molar-refractivity contribution in [2.45, 2.75) is 44.2 Å². The van der Waals surface area contributed by atoms with Crippen molar-refractivity contribution in [3.05, 3.63) is 54.5 Å². The summed E-state index contributed by atoms with van der Waals surface area (Å²) in [6.07, 6.45) is 10.2. The first-order valence-electron chi connectivity index (χ1n) is 7.99. The highest BCUT2D eigenvalue weighted by molar-refractivity contribution is 5.43. The molecule has 0 N–H and O–H groups in total. The Morgan fingerprint density at radius 2 is 1.62 bits per heavy atom. The zero-order valence-electron chi connectivity index (χ0n) is 12.2. The van der Waals surface area contributed by atoms with Gasteiger partial charge in [0.15, 0.2) is 0 Å². The van der Waals surface area contributed by atoms with Crippen molar-refractivity contribution in [1.82, 2.24) is 9.97 Å². The largest absolute Gasteiger partial charge is 0.351 e.